The van der Waals surface area contributed by atoms with E-state index >= 15 is 0 Å². The highest BCUT2D eigenvalue weighted by molar-refractivity contribution is 5.96. The van der Waals surface area contributed by atoms with Gasteiger partial charge < -0.3 is 14.4 Å². The number of carbonyl (C=O) groups is 2. The average Bonchev–Trinajstić information content (AvgIpc) is 2.81. The lowest BCUT2D eigenvalue weighted by Crippen LogP contribution is -2.39. The SMILES string of the molecule is CC(=O)c1ccc(OCc2ccccn2)c(-c2ccc3c(c2)CCN(C(=O)OC(C)(C)C)C3)c1. The lowest BCUT2D eigenvalue weighted by Gasteiger charge is -2.31. The second-order valence-electron chi connectivity index (χ2n) is 9.51. The van der Waals surface area contributed by atoms with Crippen LogP contribution in [-0.2, 0) is 24.3 Å². The highest BCUT2D eigenvalue weighted by atomic mass is 16.6. The third kappa shape index (κ3) is 5.63. The van der Waals surface area contributed by atoms with E-state index in [1.54, 1.807) is 24.1 Å². The van der Waals surface area contributed by atoms with E-state index in [4.69, 9.17) is 9.47 Å². The summed E-state index contributed by atoms with van der Waals surface area (Å²) in [4.78, 5) is 30.6. The smallest absolute Gasteiger partial charge is 0.410 e. The van der Waals surface area contributed by atoms with Crippen LogP contribution in [0.5, 0.6) is 5.75 Å². The van der Waals surface area contributed by atoms with Gasteiger partial charge in [-0.05, 0) is 81.1 Å². The number of aromatic nitrogens is 1. The van der Waals surface area contributed by atoms with Gasteiger partial charge in [0.25, 0.3) is 0 Å². The third-order valence-electron chi connectivity index (χ3n) is 5.67. The molecule has 0 unspecified atom stereocenters. The van der Waals surface area contributed by atoms with Crippen LogP contribution in [0, 0.1) is 0 Å². The number of amides is 1. The molecule has 3 aromatic rings. The molecule has 0 aliphatic carbocycles. The van der Waals surface area contributed by atoms with Gasteiger partial charge in [-0.25, -0.2) is 4.79 Å². The zero-order valence-electron chi connectivity index (χ0n) is 20.1. The van der Waals surface area contributed by atoms with Crippen molar-refractivity contribution in [3.05, 3.63) is 83.2 Å². The van der Waals surface area contributed by atoms with Gasteiger partial charge in [-0.2, -0.15) is 0 Å². The molecule has 0 fully saturated rings. The van der Waals surface area contributed by atoms with E-state index in [9.17, 15) is 9.59 Å². The maximum atomic E-state index is 12.5. The first kappa shape index (κ1) is 23.5. The van der Waals surface area contributed by atoms with Gasteiger partial charge in [-0.3, -0.25) is 9.78 Å². The Morgan fingerprint density at radius 1 is 1.03 bits per heavy atom. The Morgan fingerprint density at radius 2 is 1.85 bits per heavy atom. The number of pyridine rings is 1. The summed E-state index contributed by atoms with van der Waals surface area (Å²) in [5, 5.41) is 0. The van der Waals surface area contributed by atoms with Crippen LogP contribution in [0.3, 0.4) is 0 Å². The molecule has 2 heterocycles. The number of benzene rings is 2. The molecule has 1 aliphatic rings. The number of ether oxygens (including phenoxy) is 2. The second-order valence-corrected chi connectivity index (χ2v) is 9.51. The van der Waals surface area contributed by atoms with E-state index in [0.29, 0.717) is 31.0 Å². The Bertz CT molecular complexity index is 1200. The molecule has 0 saturated heterocycles. The summed E-state index contributed by atoms with van der Waals surface area (Å²) in [6.45, 7) is 8.63. The van der Waals surface area contributed by atoms with Gasteiger partial charge in [-0.1, -0.05) is 24.3 Å². The van der Waals surface area contributed by atoms with Crippen molar-refractivity contribution in [1.29, 1.82) is 0 Å². The van der Waals surface area contributed by atoms with E-state index in [1.807, 2.05) is 63.2 Å². The number of ketones is 1. The number of hydrogen-bond acceptors (Lipinski definition) is 5. The minimum absolute atomic E-state index is 0.00323. The van der Waals surface area contributed by atoms with Gasteiger partial charge in [0.2, 0.25) is 0 Å². The van der Waals surface area contributed by atoms with Crippen LogP contribution in [-0.4, -0.2) is 33.9 Å². The fourth-order valence-electron chi connectivity index (χ4n) is 3.94. The topological polar surface area (TPSA) is 68.7 Å². The first-order valence-corrected chi connectivity index (χ1v) is 11.5. The summed E-state index contributed by atoms with van der Waals surface area (Å²) in [6.07, 6.45) is 2.18. The summed E-state index contributed by atoms with van der Waals surface area (Å²) in [5.41, 5.74) is 5.06. The second kappa shape index (κ2) is 9.67. The molecule has 34 heavy (non-hydrogen) atoms. The van der Waals surface area contributed by atoms with Crippen LogP contribution in [0.25, 0.3) is 11.1 Å². The Morgan fingerprint density at radius 3 is 2.56 bits per heavy atom. The first-order chi connectivity index (χ1) is 16.2. The van der Waals surface area contributed by atoms with E-state index in [-0.39, 0.29) is 11.9 Å². The molecular formula is C28H30N2O4. The van der Waals surface area contributed by atoms with Crippen molar-refractivity contribution in [1.82, 2.24) is 9.88 Å². The summed E-state index contributed by atoms with van der Waals surface area (Å²) in [5.74, 6) is 0.699. The largest absolute Gasteiger partial charge is 0.487 e. The third-order valence-corrected chi connectivity index (χ3v) is 5.67. The molecule has 1 aliphatic heterocycles. The zero-order chi connectivity index (χ0) is 24.3. The monoisotopic (exact) mass is 458 g/mol. The maximum absolute atomic E-state index is 12.5. The predicted molar refractivity (Wildman–Crippen MR) is 131 cm³/mol. The maximum Gasteiger partial charge on any atom is 0.410 e. The number of fused-ring (bicyclic) bond motifs is 1. The fourth-order valence-corrected chi connectivity index (χ4v) is 3.94. The average molecular weight is 459 g/mol. The Hall–Kier alpha value is -3.67. The number of Topliss-reactive ketones (excluding diaryl/α,β-unsaturated/α-hetero) is 1. The molecule has 0 atom stereocenters. The number of nitrogens with zero attached hydrogens (tertiary/aromatic N) is 2. The van der Waals surface area contributed by atoms with Crippen molar-refractivity contribution in [3.8, 4) is 16.9 Å². The molecule has 6 heteroatoms. The van der Waals surface area contributed by atoms with Crippen molar-refractivity contribution in [2.45, 2.75) is 52.9 Å². The van der Waals surface area contributed by atoms with Crippen LogP contribution >= 0.6 is 0 Å². The van der Waals surface area contributed by atoms with Gasteiger partial charge in [-0.15, -0.1) is 0 Å². The van der Waals surface area contributed by atoms with Crippen LogP contribution in [0.2, 0.25) is 0 Å². The zero-order valence-corrected chi connectivity index (χ0v) is 20.1. The normalized spacial score (nSPS) is 13.2. The van der Waals surface area contributed by atoms with Crippen molar-refractivity contribution in [2.75, 3.05) is 6.54 Å². The van der Waals surface area contributed by atoms with Crippen LogP contribution < -0.4 is 4.74 Å². The van der Waals surface area contributed by atoms with E-state index in [2.05, 4.69) is 11.1 Å². The summed E-state index contributed by atoms with van der Waals surface area (Å²) in [7, 11) is 0. The molecule has 1 amide bonds. The highest BCUT2D eigenvalue weighted by Crippen LogP contribution is 2.34. The molecule has 0 radical (unpaired) electrons. The predicted octanol–water partition coefficient (Wildman–Crippen LogP) is 5.82. The van der Waals surface area contributed by atoms with Crippen LogP contribution in [0.4, 0.5) is 4.79 Å². The minimum Gasteiger partial charge on any atom is -0.487 e. The number of carbonyl (C=O) groups excluding carboxylic acids is 2. The van der Waals surface area contributed by atoms with Gasteiger partial charge in [0, 0.05) is 30.4 Å². The fraction of sp³-hybridized carbons (Fsp3) is 0.321. The van der Waals surface area contributed by atoms with Crippen LogP contribution in [0.1, 0.15) is 54.9 Å². The Balaban J connectivity index is 1.59. The van der Waals surface area contributed by atoms with Gasteiger partial charge >= 0.3 is 6.09 Å². The van der Waals surface area contributed by atoms with Gasteiger partial charge in [0.1, 0.15) is 18.0 Å². The van der Waals surface area contributed by atoms with Crippen LogP contribution in [0.15, 0.2) is 60.8 Å². The van der Waals surface area contributed by atoms with E-state index < -0.39 is 5.60 Å². The summed E-state index contributed by atoms with van der Waals surface area (Å²) < 4.78 is 11.6. The number of rotatable bonds is 5. The van der Waals surface area contributed by atoms with Crippen molar-refractivity contribution >= 4 is 11.9 Å². The highest BCUT2D eigenvalue weighted by Gasteiger charge is 2.26. The van der Waals surface area contributed by atoms with Crippen molar-refractivity contribution in [2.24, 2.45) is 0 Å². The molecule has 176 valence electrons. The molecule has 0 N–H and O–H groups in total. The van der Waals surface area contributed by atoms with Crippen molar-refractivity contribution in [3.63, 3.8) is 0 Å². The molecule has 2 aromatic carbocycles. The molecule has 0 saturated carbocycles. The van der Waals surface area contributed by atoms with E-state index in [0.717, 1.165) is 28.8 Å². The number of hydrogen-bond donors (Lipinski definition) is 0. The quantitative estimate of drug-likeness (QED) is 0.451. The standard InChI is InChI=1S/C28H30N2O4/c1-19(31)20-10-11-26(33-18-24-7-5-6-13-29-24)25(16-20)22-8-9-23-17-30(14-12-21(23)15-22)27(32)34-28(2,3)4/h5-11,13,15-16H,12,14,17-18H2,1-4H3. The minimum atomic E-state index is -0.519. The molecule has 1 aromatic heterocycles. The lowest BCUT2D eigenvalue weighted by atomic mass is 9.93. The molecule has 6 nitrogen and oxygen atoms in total. The molecule has 0 bridgehead atoms. The van der Waals surface area contributed by atoms with Gasteiger partial charge in [0.05, 0.1) is 5.69 Å². The Kier molecular flexibility index (Phi) is 6.68. The first-order valence-electron chi connectivity index (χ1n) is 11.5. The lowest BCUT2D eigenvalue weighted by molar-refractivity contribution is 0.0224. The summed E-state index contributed by atoms with van der Waals surface area (Å²) in [6, 6.07) is 17.4. The van der Waals surface area contributed by atoms with Crippen molar-refractivity contribution < 1.29 is 19.1 Å². The molecule has 4 rings (SSSR count). The van der Waals surface area contributed by atoms with Gasteiger partial charge in [0.15, 0.2) is 5.78 Å². The molecular weight excluding hydrogens is 428 g/mol. The molecule has 0 spiro atoms. The summed E-state index contributed by atoms with van der Waals surface area (Å²) >= 11 is 0. The van der Waals surface area contributed by atoms with E-state index in [1.165, 1.54) is 5.56 Å². The Labute approximate surface area is 200 Å².